The van der Waals surface area contributed by atoms with Crippen molar-refractivity contribution in [3.63, 3.8) is 0 Å². The maximum Gasteiger partial charge on any atom is 0.193 e. The van der Waals surface area contributed by atoms with Crippen LogP contribution in [-0.4, -0.2) is 31.7 Å². The van der Waals surface area contributed by atoms with E-state index < -0.39 is 6.10 Å². The van der Waals surface area contributed by atoms with E-state index in [0.717, 1.165) is 5.56 Å². The second kappa shape index (κ2) is 4.55. The Bertz CT molecular complexity index is 336. The Hall–Kier alpha value is -1.19. The molecule has 0 radical (unpaired) electrons. The first-order valence-electron chi connectivity index (χ1n) is 5.07. The summed E-state index contributed by atoms with van der Waals surface area (Å²) in [5, 5.41) is 0. The number of benzene rings is 1. The summed E-state index contributed by atoms with van der Waals surface area (Å²) in [7, 11) is 0. The molecule has 1 aromatic carbocycles. The maximum atomic E-state index is 11.9. The number of aryl methyl sites for hydroxylation is 1. The lowest BCUT2D eigenvalue weighted by Gasteiger charge is -2.21. The van der Waals surface area contributed by atoms with Crippen molar-refractivity contribution in [3.05, 3.63) is 35.4 Å². The van der Waals surface area contributed by atoms with Crippen LogP contribution in [0.5, 0.6) is 0 Å². The van der Waals surface area contributed by atoms with Gasteiger partial charge in [-0.2, -0.15) is 0 Å². The minimum Gasteiger partial charge on any atom is -0.376 e. The molecule has 0 aliphatic carbocycles. The van der Waals surface area contributed by atoms with E-state index in [2.05, 4.69) is 0 Å². The minimum atomic E-state index is -0.429. The first-order chi connectivity index (χ1) is 7.27. The highest BCUT2D eigenvalue weighted by Crippen LogP contribution is 2.11. The van der Waals surface area contributed by atoms with E-state index in [1.165, 1.54) is 0 Å². The number of Topliss-reactive ketones (excluding diaryl/α,β-unsaturated/α-hetero) is 1. The predicted molar refractivity (Wildman–Crippen MR) is 56.1 cm³/mol. The topological polar surface area (TPSA) is 35.5 Å². The summed E-state index contributed by atoms with van der Waals surface area (Å²) in [6, 6.07) is 7.51. The lowest BCUT2D eigenvalue weighted by atomic mass is 10.0. The highest BCUT2D eigenvalue weighted by Gasteiger charge is 2.23. The normalized spacial score (nSPS) is 21.3. The van der Waals surface area contributed by atoms with E-state index in [9.17, 15) is 4.79 Å². The van der Waals surface area contributed by atoms with E-state index in [0.29, 0.717) is 25.4 Å². The van der Waals surface area contributed by atoms with Crippen molar-refractivity contribution in [1.82, 2.24) is 0 Å². The number of carbonyl (C=O) groups is 1. The number of hydrogen-bond donors (Lipinski definition) is 0. The second-order valence-corrected chi connectivity index (χ2v) is 3.66. The van der Waals surface area contributed by atoms with Crippen molar-refractivity contribution >= 4 is 5.78 Å². The van der Waals surface area contributed by atoms with Gasteiger partial charge in [-0.05, 0) is 6.92 Å². The molecule has 15 heavy (non-hydrogen) atoms. The molecule has 80 valence electrons. The number of ether oxygens (including phenoxy) is 2. The molecule has 1 aromatic rings. The second-order valence-electron chi connectivity index (χ2n) is 3.66. The van der Waals surface area contributed by atoms with Crippen LogP contribution < -0.4 is 0 Å². The molecular weight excluding hydrogens is 192 g/mol. The van der Waals surface area contributed by atoms with E-state index in [1.807, 2.05) is 31.2 Å². The Morgan fingerprint density at radius 3 is 2.60 bits per heavy atom. The highest BCUT2D eigenvalue weighted by molar-refractivity contribution is 5.99. The summed E-state index contributed by atoms with van der Waals surface area (Å²) in [6.07, 6.45) is -0.429. The van der Waals surface area contributed by atoms with Gasteiger partial charge in [0.1, 0.15) is 6.10 Å². The van der Waals surface area contributed by atoms with E-state index >= 15 is 0 Å². The van der Waals surface area contributed by atoms with Gasteiger partial charge in [0, 0.05) is 5.56 Å². The molecular formula is C12H14O3. The summed E-state index contributed by atoms with van der Waals surface area (Å²) < 4.78 is 10.6. The first-order valence-corrected chi connectivity index (χ1v) is 5.07. The minimum absolute atomic E-state index is 0.00898. The van der Waals surface area contributed by atoms with Gasteiger partial charge in [-0.3, -0.25) is 4.79 Å². The zero-order valence-corrected chi connectivity index (χ0v) is 8.73. The molecule has 3 nitrogen and oxygen atoms in total. The van der Waals surface area contributed by atoms with Crippen LogP contribution in [0.25, 0.3) is 0 Å². The lowest BCUT2D eigenvalue weighted by Crippen LogP contribution is -2.35. The van der Waals surface area contributed by atoms with Gasteiger partial charge in [-0.15, -0.1) is 0 Å². The van der Waals surface area contributed by atoms with Gasteiger partial charge >= 0.3 is 0 Å². The number of ketones is 1. The molecule has 1 atom stereocenters. The van der Waals surface area contributed by atoms with Crippen molar-refractivity contribution < 1.29 is 14.3 Å². The molecule has 0 N–H and O–H groups in total. The summed E-state index contributed by atoms with van der Waals surface area (Å²) in [4.78, 5) is 11.9. The van der Waals surface area contributed by atoms with Gasteiger partial charge in [0.15, 0.2) is 5.78 Å². The molecule has 1 saturated heterocycles. The number of rotatable bonds is 2. The fourth-order valence-corrected chi connectivity index (χ4v) is 1.54. The van der Waals surface area contributed by atoms with Crippen molar-refractivity contribution in [1.29, 1.82) is 0 Å². The van der Waals surface area contributed by atoms with Crippen LogP contribution in [0.4, 0.5) is 0 Å². The van der Waals surface area contributed by atoms with Crippen molar-refractivity contribution in [2.24, 2.45) is 0 Å². The molecule has 0 aromatic heterocycles. The monoisotopic (exact) mass is 206 g/mol. The summed E-state index contributed by atoms with van der Waals surface area (Å²) in [5.41, 5.74) is 1.84. The lowest BCUT2D eigenvalue weighted by molar-refractivity contribution is -0.0719. The molecule has 0 amide bonds. The number of hydrogen-bond acceptors (Lipinski definition) is 3. The standard InChI is InChI=1S/C12H14O3/c1-9-2-4-10(5-3-9)12(13)11-8-14-6-7-15-11/h2-5,11H,6-8H2,1H3. The van der Waals surface area contributed by atoms with Crippen LogP contribution >= 0.6 is 0 Å². The SMILES string of the molecule is Cc1ccc(C(=O)C2COCCO2)cc1. The largest absolute Gasteiger partial charge is 0.376 e. The molecule has 2 rings (SSSR count). The molecule has 1 aliphatic heterocycles. The summed E-state index contributed by atoms with van der Waals surface area (Å²) >= 11 is 0. The Balaban J connectivity index is 2.09. The molecule has 1 unspecified atom stereocenters. The smallest absolute Gasteiger partial charge is 0.193 e. The average Bonchev–Trinajstić information content (AvgIpc) is 2.30. The Morgan fingerprint density at radius 1 is 1.27 bits per heavy atom. The van der Waals surface area contributed by atoms with Crippen LogP contribution in [0.3, 0.4) is 0 Å². The molecule has 0 spiro atoms. The van der Waals surface area contributed by atoms with Gasteiger partial charge in [0.05, 0.1) is 19.8 Å². The zero-order valence-electron chi connectivity index (χ0n) is 8.73. The van der Waals surface area contributed by atoms with Gasteiger partial charge in [-0.25, -0.2) is 0 Å². The van der Waals surface area contributed by atoms with Crippen LogP contribution in [0, 0.1) is 6.92 Å². The quantitative estimate of drug-likeness (QED) is 0.689. The van der Waals surface area contributed by atoms with Gasteiger partial charge < -0.3 is 9.47 Å². The zero-order chi connectivity index (χ0) is 10.7. The van der Waals surface area contributed by atoms with Crippen molar-refractivity contribution in [2.75, 3.05) is 19.8 Å². The molecule has 1 aliphatic rings. The third-order valence-corrected chi connectivity index (χ3v) is 2.44. The van der Waals surface area contributed by atoms with Gasteiger partial charge in [0.2, 0.25) is 0 Å². The van der Waals surface area contributed by atoms with E-state index in [1.54, 1.807) is 0 Å². The van der Waals surface area contributed by atoms with E-state index in [4.69, 9.17) is 9.47 Å². The molecule has 0 bridgehead atoms. The molecule has 0 saturated carbocycles. The Morgan fingerprint density at radius 2 is 2.00 bits per heavy atom. The summed E-state index contributed by atoms with van der Waals surface area (Å²) in [6.45, 7) is 3.45. The fourth-order valence-electron chi connectivity index (χ4n) is 1.54. The fraction of sp³-hybridized carbons (Fsp3) is 0.417. The Kier molecular flexibility index (Phi) is 3.14. The van der Waals surface area contributed by atoms with Gasteiger partial charge in [0.25, 0.3) is 0 Å². The Labute approximate surface area is 89.0 Å². The molecule has 1 fully saturated rings. The average molecular weight is 206 g/mol. The van der Waals surface area contributed by atoms with Gasteiger partial charge in [-0.1, -0.05) is 29.8 Å². The third-order valence-electron chi connectivity index (χ3n) is 2.44. The van der Waals surface area contributed by atoms with Crippen LogP contribution in [0.2, 0.25) is 0 Å². The van der Waals surface area contributed by atoms with Crippen molar-refractivity contribution in [2.45, 2.75) is 13.0 Å². The predicted octanol–water partition coefficient (Wildman–Crippen LogP) is 1.59. The maximum absolute atomic E-state index is 11.9. The number of carbonyl (C=O) groups excluding carboxylic acids is 1. The highest BCUT2D eigenvalue weighted by atomic mass is 16.6. The van der Waals surface area contributed by atoms with E-state index in [-0.39, 0.29) is 5.78 Å². The van der Waals surface area contributed by atoms with Crippen LogP contribution in [0.15, 0.2) is 24.3 Å². The van der Waals surface area contributed by atoms with Crippen LogP contribution in [-0.2, 0) is 9.47 Å². The van der Waals surface area contributed by atoms with Crippen LogP contribution in [0.1, 0.15) is 15.9 Å². The summed E-state index contributed by atoms with van der Waals surface area (Å²) in [5.74, 6) is 0.00898. The third kappa shape index (κ3) is 2.43. The van der Waals surface area contributed by atoms with Crippen molar-refractivity contribution in [3.8, 4) is 0 Å². The first kappa shape index (κ1) is 10.3. The molecule has 3 heteroatoms. The molecule has 1 heterocycles.